The first-order chi connectivity index (χ1) is 8.76. The molecule has 0 unspecified atom stereocenters. The zero-order valence-electron chi connectivity index (χ0n) is 12.2. The summed E-state index contributed by atoms with van der Waals surface area (Å²) in [6.45, 7) is 9.35. The Morgan fingerprint density at radius 3 is 2.53 bits per heavy atom. The Bertz CT molecular complexity index is 344. The molecule has 107 valence electrons. The fraction of sp³-hybridized carbons (Fsp3) is 0.769. The Hall–Kier alpha value is -0.845. The van der Waals surface area contributed by atoms with Gasteiger partial charge in [-0.1, -0.05) is 0 Å². The van der Waals surface area contributed by atoms with E-state index in [1.54, 1.807) is 20.1 Å². The van der Waals surface area contributed by atoms with E-state index in [2.05, 4.69) is 4.99 Å². The SMILES string of the molecule is CC(C)(O)C(C)(C)O[B]C(C=NCC1COC1)=CN. The fourth-order valence-corrected chi connectivity index (χ4v) is 1.17. The van der Waals surface area contributed by atoms with Gasteiger partial charge in [-0.05, 0) is 39.4 Å². The normalized spacial score (nSPS) is 18.7. The Kier molecular flexibility index (Phi) is 5.58. The molecule has 1 heterocycles. The van der Waals surface area contributed by atoms with E-state index in [4.69, 9.17) is 15.1 Å². The number of rotatable bonds is 7. The largest absolute Gasteiger partial charge is 0.427 e. The van der Waals surface area contributed by atoms with Crippen molar-refractivity contribution in [2.45, 2.75) is 38.9 Å². The second-order valence-corrected chi connectivity index (χ2v) is 5.87. The lowest BCUT2D eigenvalue weighted by molar-refractivity contribution is -0.0895. The summed E-state index contributed by atoms with van der Waals surface area (Å²) in [5.41, 5.74) is 4.53. The first-order valence-corrected chi connectivity index (χ1v) is 6.49. The molecule has 19 heavy (non-hydrogen) atoms. The van der Waals surface area contributed by atoms with Crippen molar-refractivity contribution in [1.29, 1.82) is 0 Å². The average Bonchev–Trinajstić information content (AvgIpc) is 2.24. The van der Waals surface area contributed by atoms with Crippen LogP contribution in [0.1, 0.15) is 27.7 Å². The van der Waals surface area contributed by atoms with Gasteiger partial charge in [0.25, 0.3) is 0 Å². The molecule has 1 aliphatic heterocycles. The van der Waals surface area contributed by atoms with Crippen molar-refractivity contribution in [1.82, 2.24) is 0 Å². The molecule has 1 saturated heterocycles. The van der Waals surface area contributed by atoms with Gasteiger partial charge < -0.3 is 20.2 Å². The molecule has 0 bridgehead atoms. The molecule has 0 aromatic heterocycles. The van der Waals surface area contributed by atoms with Crippen molar-refractivity contribution in [2.24, 2.45) is 16.6 Å². The summed E-state index contributed by atoms with van der Waals surface area (Å²) in [4.78, 5) is 4.30. The van der Waals surface area contributed by atoms with E-state index in [0.29, 0.717) is 11.4 Å². The Morgan fingerprint density at radius 1 is 1.47 bits per heavy atom. The van der Waals surface area contributed by atoms with Crippen LogP contribution in [-0.2, 0) is 9.39 Å². The summed E-state index contributed by atoms with van der Waals surface area (Å²) in [6, 6.07) is 0. The zero-order chi connectivity index (χ0) is 14.5. The monoisotopic (exact) mass is 267 g/mol. The van der Waals surface area contributed by atoms with Crippen LogP contribution in [0.25, 0.3) is 0 Å². The second kappa shape index (κ2) is 6.54. The van der Waals surface area contributed by atoms with Gasteiger partial charge in [-0.3, -0.25) is 4.99 Å². The van der Waals surface area contributed by atoms with Crippen LogP contribution in [0.4, 0.5) is 0 Å². The van der Waals surface area contributed by atoms with Crippen molar-refractivity contribution < 1.29 is 14.5 Å². The Labute approximate surface area is 116 Å². The highest BCUT2D eigenvalue weighted by atomic mass is 16.5. The smallest absolute Gasteiger partial charge is 0.333 e. The highest BCUT2D eigenvalue weighted by molar-refractivity contribution is 6.46. The first-order valence-electron chi connectivity index (χ1n) is 6.49. The van der Waals surface area contributed by atoms with Crippen LogP contribution in [0, 0.1) is 5.92 Å². The quantitative estimate of drug-likeness (QED) is 0.525. The summed E-state index contributed by atoms with van der Waals surface area (Å²) < 4.78 is 10.7. The van der Waals surface area contributed by atoms with E-state index >= 15 is 0 Å². The minimum atomic E-state index is -0.955. The van der Waals surface area contributed by atoms with Crippen molar-refractivity contribution in [3.63, 3.8) is 0 Å². The number of aliphatic hydroxyl groups is 1. The van der Waals surface area contributed by atoms with E-state index in [1.807, 2.05) is 13.8 Å². The number of nitrogens with zero attached hydrogens (tertiary/aromatic N) is 1. The lowest BCUT2D eigenvalue weighted by Gasteiger charge is -2.37. The molecule has 0 aliphatic carbocycles. The van der Waals surface area contributed by atoms with Crippen LogP contribution >= 0.6 is 0 Å². The summed E-state index contributed by atoms with van der Waals surface area (Å²) in [7, 11) is 1.53. The summed E-state index contributed by atoms with van der Waals surface area (Å²) >= 11 is 0. The van der Waals surface area contributed by atoms with Gasteiger partial charge in [0.15, 0.2) is 0 Å². The zero-order valence-corrected chi connectivity index (χ0v) is 12.2. The minimum Gasteiger partial charge on any atom is -0.427 e. The molecule has 3 N–H and O–H groups in total. The molecule has 6 heteroatoms. The number of allylic oxidation sites excluding steroid dienone is 1. The van der Waals surface area contributed by atoms with Gasteiger partial charge in [0.2, 0.25) is 0 Å². The number of ether oxygens (including phenoxy) is 1. The van der Waals surface area contributed by atoms with Crippen LogP contribution in [0.15, 0.2) is 16.7 Å². The van der Waals surface area contributed by atoms with Gasteiger partial charge in [0.1, 0.15) is 0 Å². The highest BCUT2D eigenvalue weighted by Gasteiger charge is 2.35. The van der Waals surface area contributed by atoms with Crippen molar-refractivity contribution >= 4 is 13.7 Å². The molecule has 0 saturated carbocycles. The molecule has 1 radical (unpaired) electrons. The second-order valence-electron chi connectivity index (χ2n) is 5.87. The van der Waals surface area contributed by atoms with Crippen molar-refractivity contribution in [2.75, 3.05) is 19.8 Å². The number of hydrogen-bond donors (Lipinski definition) is 2. The molecule has 1 rings (SSSR count). The molecule has 0 spiro atoms. The Balaban J connectivity index is 2.40. The van der Waals surface area contributed by atoms with Gasteiger partial charge in [0, 0.05) is 18.7 Å². The minimum absolute atomic E-state index is 0.518. The van der Waals surface area contributed by atoms with Gasteiger partial charge in [-0.2, -0.15) is 0 Å². The summed E-state index contributed by atoms with van der Waals surface area (Å²) in [6.07, 6.45) is 3.11. The third-order valence-corrected chi connectivity index (χ3v) is 3.47. The van der Waals surface area contributed by atoms with E-state index in [9.17, 15) is 5.11 Å². The molecule has 0 aromatic rings. The summed E-state index contributed by atoms with van der Waals surface area (Å²) in [5, 5.41) is 9.98. The van der Waals surface area contributed by atoms with Gasteiger partial charge in [-0.25, -0.2) is 0 Å². The first kappa shape index (κ1) is 16.2. The van der Waals surface area contributed by atoms with Gasteiger partial charge >= 0.3 is 7.48 Å². The van der Waals surface area contributed by atoms with Gasteiger partial charge in [0.05, 0.1) is 24.4 Å². The molecule has 0 aromatic carbocycles. The van der Waals surface area contributed by atoms with Crippen LogP contribution in [0.5, 0.6) is 0 Å². The van der Waals surface area contributed by atoms with E-state index in [-0.39, 0.29) is 0 Å². The number of hydrogen-bond acceptors (Lipinski definition) is 5. The molecular weight excluding hydrogens is 243 g/mol. The van der Waals surface area contributed by atoms with E-state index in [1.165, 1.54) is 13.7 Å². The summed E-state index contributed by atoms with van der Waals surface area (Å²) in [5.74, 6) is 0.518. The predicted molar refractivity (Wildman–Crippen MR) is 77.2 cm³/mol. The highest BCUT2D eigenvalue weighted by Crippen LogP contribution is 2.24. The number of aliphatic imine (C=N–C) groups is 1. The fourth-order valence-electron chi connectivity index (χ4n) is 1.17. The molecule has 5 nitrogen and oxygen atoms in total. The molecule has 0 atom stereocenters. The van der Waals surface area contributed by atoms with Crippen LogP contribution in [0.2, 0.25) is 0 Å². The topological polar surface area (TPSA) is 77.1 Å². The van der Waals surface area contributed by atoms with Crippen molar-refractivity contribution in [3.05, 3.63) is 11.7 Å². The maximum atomic E-state index is 9.98. The number of nitrogens with two attached hydrogens (primary N) is 1. The van der Waals surface area contributed by atoms with Gasteiger partial charge in [-0.15, -0.1) is 0 Å². The van der Waals surface area contributed by atoms with Crippen LogP contribution in [0.3, 0.4) is 0 Å². The Morgan fingerprint density at radius 2 is 2.11 bits per heavy atom. The van der Waals surface area contributed by atoms with Crippen LogP contribution < -0.4 is 5.73 Å². The maximum Gasteiger partial charge on any atom is 0.333 e. The molecule has 1 aliphatic rings. The standard InChI is InChI=1S/C13H24BN2O3/c1-12(2,17)13(3,4)19-14-11(5-15)7-16-6-10-8-18-9-10/h5,7,10,17H,6,8-9,15H2,1-4H3. The van der Waals surface area contributed by atoms with Crippen molar-refractivity contribution in [3.8, 4) is 0 Å². The lowest BCUT2D eigenvalue weighted by Crippen LogP contribution is -2.48. The third-order valence-electron chi connectivity index (χ3n) is 3.47. The maximum absolute atomic E-state index is 9.98. The molecule has 1 fully saturated rings. The van der Waals surface area contributed by atoms with E-state index < -0.39 is 11.2 Å². The molecule has 0 amide bonds. The predicted octanol–water partition coefficient (Wildman–Crippen LogP) is 0.689. The average molecular weight is 267 g/mol. The van der Waals surface area contributed by atoms with Crippen LogP contribution in [-0.4, -0.2) is 49.8 Å². The molecular formula is C13H24BN2O3. The lowest BCUT2D eigenvalue weighted by atomic mass is 9.83. The third kappa shape index (κ3) is 4.97. The van der Waals surface area contributed by atoms with E-state index in [0.717, 1.165) is 19.8 Å².